The van der Waals surface area contributed by atoms with E-state index < -0.39 is 0 Å². The fourth-order valence-corrected chi connectivity index (χ4v) is 2.20. The van der Waals surface area contributed by atoms with Gasteiger partial charge in [-0.1, -0.05) is 6.92 Å². The molecule has 1 atom stereocenters. The number of carbonyl (C=O) groups is 1. The maximum Gasteiger partial charge on any atom is 0.138 e. The van der Waals surface area contributed by atoms with Gasteiger partial charge in [0.2, 0.25) is 0 Å². The molecule has 2 nitrogen and oxygen atoms in total. The van der Waals surface area contributed by atoms with Crippen LogP contribution in [0.2, 0.25) is 0 Å². The third kappa shape index (κ3) is 3.31. The molecule has 1 aliphatic heterocycles. The summed E-state index contributed by atoms with van der Waals surface area (Å²) in [7, 11) is 0. The van der Waals surface area contributed by atoms with Gasteiger partial charge in [0.1, 0.15) is 5.78 Å². The molecule has 1 aliphatic rings. The zero-order valence-corrected chi connectivity index (χ0v) is 9.40. The van der Waals surface area contributed by atoms with Crippen molar-refractivity contribution in [2.24, 2.45) is 5.92 Å². The SMILES string of the molecule is CCC1CN(CCSC)CCC1=O. The number of carbonyl (C=O) groups excluding carboxylic acids is 1. The van der Waals surface area contributed by atoms with E-state index in [1.54, 1.807) is 0 Å². The van der Waals surface area contributed by atoms with Crippen LogP contribution < -0.4 is 0 Å². The first-order valence-electron chi connectivity index (χ1n) is 5.02. The predicted octanol–water partition coefficient (Wildman–Crippen LogP) is 1.65. The third-order valence-electron chi connectivity index (χ3n) is 2.71. The largest absolute Gasteiger partial charge is 0.301 e. The van der Waals surface area contributed by atoms with E-state index in [4.69, 9.17) is 0 Å². The van der Waals surface area contributed by atoms with Crippen LogP contribution in [0.1, 0.15) is 19.8 Å². The minimum atomic E-state index is 0.315. The van der Waals surface area contributed by atoms with Crippen LogP contribution in [0.3, 0.4) is 0 Å². The first-order valence-corrected chi connectivity index (χ1v) is 6.41. The van der Waals surface area contributed by atoms with Gasteiger partial charge in [0.25, 0.3) is 0 Å². The van der Waals surface area contributed by atoms with Gasteiger partial charge in [-0.05, 0) is 12.7 Å². The Bertz CT molecular complexity index is 172. The maximum atomic E-state index is 11.4. The molecule has 0 N–H and O–H groups in total. The Morgan fingerprint density at radius 2 is 2.38 bits per heavy atom. The van der Waals surface area contributed by atoms with E-state index in [-0.39, 0.29) is 0 Å². The second-order valence-electron chi connectivity index (χ2n) is 3.61. The van der Waals surface area contributed by atoms with Gasteiger partial charge < -0.3 is 4.90 Å². The van der Waals surface area contributed by atoms with Crippen LogP contribution in [0, 0.1) is 5.92 Å². The van der Waals surface area contributed by atoms with Crippen LogP contribution in [0.4, 0.5) is 0 Å². The van der Waals surface area contributed by atoms with Gasteiger partial charge in [-0.25, -0.2) is 0 Å². The quantitative estimate of drug-likeness (QED) is 0.690. The molecule has 0 spiro atoms. The van der Waals surface area contributed by atoms with E-state index in [9.17, 15) is 4.79 Å². The minimum absolute atomic E-state index is 0.315. The number of ketones is 1. The van der Waals surface area contributed by atoms with Crippen molar-refractivity contribution in [3.8, 4) is 0 Å². The Morgan fingerprint density at radius 3 is 3.00 bits per heavy atom. The zero-order valence-electron chi connectivity index (χ0n) is 8.58. The predicted molar refractivity (Wildman–Crippen MR) is 58.2 cm³/mol. The lowest BCUT2D eigenvalue weighted by molar-refractivity contribution is -0.126. The lowest BCUT2D eigenvalue weighted by Crippen LogP contribution is -2.41. The van der Waals surface area contributed by atoms with Gasteiger partial charge in [0.15, 0.2) is 0 Å². The molecule has 1 heterocycles. The van der Waals surface area contributed by atoms with Gasteiger partial charge in [0, 0.05) is 37.7 Å². The molecular formula is C10H19NOS. The number of thioether (sulfide) groups is 1. The molecule has 0 radical (unpaired) electrons. The molecule has 0 bridgehead atoms. The Balaban J connectivity index is 2.31. The van der Waals surface area contributed by atoms with Crippen molar-refractivity contribution in [2.45, 2.75) is 19.8 Å². The van der Waals surface area contributed by atoms with E-state index in [1.807, 2.05) is 11.8 Å². The average Bonchev–Trinajstić information content (AvgIpc) is 2.16. The molecule has 76 valence electrons. The van der Waals surface area contributed by atoms with E-state index in [0.717, 1.165) is 32.5 Å². The van der Waals surface area contributed by atoms with Crippen LogP contribution in [-0.2, 0) is 4.79 Å². The number of rotatable bonds is 4. The van der Waals surface area contributed by atoms with Gasteiger partial charge >= 0.3 is 0 Å². The van der Waals surface area contributed by atoms with Crippen molar-refractivity contribution in [3.63, 3.8) is 0 Å². The summed E-state index contributed by atoms with van der Waals surface area (Å²) in [4.78, 5) is 13.8. The zero-order chi connectivity index (χ0) is 9.68. The highest BCUT2D eigenvalue weighted by molar-refractivity contribution is 7.98. The first kappa shape index (κ1) is 11.1. The summed E-state index contributed by atoms with van der Waals surface area (Å²) in [6.07, 6.45) is 3.91. The van der Waals surface area contributed by atoms with E-state index >= 15 is 0 Å². The lowest BCUT2D eigenvalue weighted by Gasteiger charge is -2.30. The highest BCUT2D eigenvalue weighted by Gasteiger charge is 2.24. The molecule has 1 saturated heterocycles. The normalized spacial score (nSPS) is 25.1. The topological polar surface area (TPSA) is 20.3 Å². The first-order chi connectivity index (χ1) is 6.27. The van der Waals surface area contributed by atoms with Gasteiger partial charge in [0.05, 0.1) is 0 Å². The number of likely N-dealkylation sites (tertiary alicyclic amines) is 1. The number of hydrogen-bond acceptors (Lipinski definition) is 3. The molecule has 1 unspecified atom stereocenters. The maximum absolute atomic E-state index is 11.4. The molecular weight excluding hydrogens is 182 g/mol. The van der Waals surface area contributed by atoms with Crippen molar-refractivity contribution in [1.82, 2.24) is 4.90 Å². The molecule has 3 heteroatoms. The van der Waals surface area contributed by atoms with Crippen LogP contribution in [0.25, 0.3) is 0 Å². The van der Waals surface area contributed by atoms with Crippen molar-refractivity contribution in [3.05, 3.63) is 0 Å². The molecule has 0 aliphatic carbocycles. The third-order valence-corrected chi connectivity index (χ3v) is 3.30. The van der Waals surface area contributed by atoms with Crippen LogP contribution >= 0.6 is 11.8 Å². The summed E-state index contributed by atoms with van der Waals surface area (Å²) in [5, 5.41) is 0. The van der Waals surface area contributed by atoms with Gasteiger partial charge in [-0.2, -0.15) is 11.8 Å². The van der Waals surface area contributed by atoms with Crippen LogP contribution in [0.15, 0.2) is 0 Å². The smallest absolute Gasteiger partial charge is 0.138 e. The average molecular weight is 201 g/mol. The lowest BCUT2D eigenvalue weighted by atomic mass is 9.94. The molecule has 0 aromatic heterocycles. The summed E-state index contributed by atoms with van der Waals surface area (Å²) in [6.45, 7) is 5.23. The molecule has 0 amide bonds. The Hall–Kier alpha value is -0.0200. The monoisotopic (exact) mass is 201 g/mol. The fraction of sp³-hybridized carbons (Fsp3) is 0.900. The number of piperidine rings is 1. The number of nitrogens with zero attached hydrogens (tertiary/aromatic N) is 1. The molecule has 0 saturated carbocycles. The summed E-state index contributed by atoms with van der Waals surface area (Å²) in [5.74, 6) is 1.98. The second-order valence-corrected chi connectivity index (χ2v) is 4.60. The summed E-state index contributed by atoms with van der Waals surface area (Å²) in [6, 6.07) is 0. The van der Waals surface area contributed by atoms with Crippen LogP contribution in [0.5, 0.6) is 0 Å². The molecule has 1 fully saturated rings. The Kier molecular flexibility index (Phi) is 4.81. The number of hydrogen-bond donors (Lipinski definition) is 0. The van der Waals surface area contributed by atoms with Crippen molar-refractivity contribution in [2.75, 3.05) is 31.6 Å². The highest BCUT2D eigenvalue weighted by Crippen LogP contribution is 2.15. The standard InChI is InChI=1S/C10H19NOS/c1-3-9-8-11(6-7-13-2)5-4-10(9)12/h9H,3-8H2,1-2H3. The Morgan fingerprint density at radius 1 is 1.62 bits per heavy atom. The molecule has 0 aromatic carbocycles. The van der Waals surface area contributed by atoms with Crippen molar-refractivity contribution < 1.29 is 4.79 Å². The van der Waals surface area contributed by atoms with E-state index in [0.29, 0.717) is 11.7 Å². The second kappa shape index (κ2) is 5.66. The van der Waals surface area contributed by atoms with Crippen molar-refractivity contribution in [1.29, 1.82) is 0 Å². The molecule has 13 heavy (non-hydrogen) atoms. The summed E-state index contributed by atoms with van der Waals surface area (Å²) >= 11 is 1.88. The van der Waals surface area contributed by atoms with Crippen molar-refractivity contribution >= 4 is 17.5 Å². The summed E-state index contributed by atoms with van der Waals surface area (Å²) < 4.78 is 0. The van der Waals surface area contributed by atoms with Crippen LogP contribution in [-0.4, -0.2) is 42.3 Å². The highest BCUT2D eigenvalue weighted by atomic mass is 32.2. The fourth-order valence-electron chi connectivity index (χ4n) is 1.76. The number of Topliss-reactive ketones (excluding diaryl/α,β-unsaturated/α-hetero) is 1. The van der Waals surface area contributed by atoms with Gasteiger partial charge in [-0.15, -0.1) is 0 Å². The van der Waals surface area contributed by atoms with Gasteiger partial charge in [-0.3, -0.25) is 4.79 Å². The van der Waals surface area contributed by atoms with E-state index in [1.165, 1.54) is 5.75 Å². The Labute approximate surface area is 85.1 Å². The molecule has 1 rings (SSSR count). The molecule has 0 aromatic rings. The summed E-state index contributed by atoms with van der Waals surface area (Å²) in [5.41, 5.74) is 0. The van der Waals surface area contributed by atoms with E-state index in [2.05, 4.69) is 18.1 Å². The minimum Gasteiger partial charge on any atom is -0.301 e.